The molecule has 1 aliphatic carbocycles. The molecule has 0 spiro atoms. The molecule has 0 bridgehead atoms. The van der Waals surface area contributed by atoms with Crippen LogP contribution in [0.5, 0.6) is 0 Å². The first-order valence-electron chi connectivity index (χ1n) is 6.73. The van der Waals surface area contributed by atoms with Gasteiger partial charge in [-0.1, -0.05) is 28.8 Å². The number of aryl methyl sites for hydroxylation is 1. The summed E-state index contributed by atoms with van der Waals surface area (Å²) in [5.74, 6) is -0.158. The molecule has 0 aromatic heterocycles. The first-order valence-corrected chi connectivity index (χ1v) is 7.53. The molecule has 1 aromatic carbocycles. The van der Waals surface area contributed by atoms with E-state index in [1.54, 1.807) is 0 Å². The minimum absolute atomic E-state index is 0.000113. The van der Waals surface area contributed by atoms with Crippen LogP contribution in [0.25, 0.3) is 0 Å². The summed E-state index contributed by atoms with van der Waals surface area (Å²) in [6, 6.07) is 5.68. The summed E-state index contributed by atoms with van der Waals surface area (Å²) in [6.45, 7) is 1.93. The Morgan fingerprint density at radius 1 is 1.11 bits per heavy atom. The molecule has 0 N–H and O–H groups in total. The van der Waals surface area contributed by atoms with Crippen molar-refractivity contribution in [1.29, 1.82) is 0 Å². The maximum Gasteiger partial charge on any atom is 0.237 e. The lowest BCUT2D eigenvalue weighted by Crippen LogP contribution is -2.31. The molecule has 100 valence electrons. The van der Waals surface area contributed by atoms with Crippen LogP contribution in [-0.2, 0) is 9.59 Å². The van der Waals surface area contributed by atoms with Gasteiger partial charge in [-0.3, -0.25) is 9.59 Å². The molecule has 3 nitrogen and oxygen atoms in total. The predicted octanol–water partition coefficient (Wildman–Crippen LogP) is 3.44. The monoisotopic (exact) mass is 321 g/mol. The van der Waals surface area contributed by atoms with Gasteiger partial charge in [0.15, 0.2) is 0 Å². The number of fused-ring (bicyclic) bond motifs is 1. The molecule has 1 saturated carbocycles. The molecule has 2 unspecified atom stereocenters. The van der Waals surface area contributed by atoms with Crippen LogP contribution in [-0.4, -0.2) is 11.8 Å². The van der Waals surface area contributed by atoms with E-state index in [1.165, 1.54) is 4.90 Å². The molecule has 1 aromatic rings. The zero-order chi connectivity index (χ0) is 13.6. The lowest BCUT2D eigenvalue weighted by atomic mass is 9.81. The van der Waals surface area contributed by atoms with Crippen molar-refractivity contribution in [2.45, 2.75) is 32.6 Å². The first kappa shape index (κ1) is 12.9. The molecule has 2 amide bonds. The second-order valence-corrected chi connectivity index (χ2v) is 6.36. The summed E-state index contributed by atoms with van der Waals surface area (Å²) in [6.07, 6.45) is 3.85. The fourth-order valence-corrected chi connectivity index (χ4v) is 3.75. The number of amides is 2. The van der Waals surface area contributed by atoms with E-state index in [2.05, 4.69) is 15.9 Å². The number of nitrogens with zero attached hydrogens (tertiary/aromatic N) is 1. The average Bonchev–Trinajstić information content (AvgIpc) is 2.64. The Morgan fingerprint density at radius 3 is 2.21 bits per heavy atom. The molecule has 1 aliphatic heterocycles. The van der Waals surface area contributed by atoms with Crippen LogP contribution in [0.3, 0.4) is 0 Å². The van der Waals surface area contributed by atoms with E-state index in [4.69, 9.17) is 0 Å². The van der Waals surface area contributed by atoms with Gasteiger partial charge < -0.3 is 0 Å². The van der Waals surface area contributed by atoms with Crippen molar-refractivity contribution < 1.29 is 9.59 Å². The number of carbonyl (C=O) groups is 2. The molecule has 2 fully saturated rings. The van der Waals surface area contributed by atoms with Crippen molar-refractivity contribution in [2.75, 3.05) is 4.90 Å². The molecular weight excluding hydrogens is 306 g/mol. The van der Waals surface area contributed by atoms with Crippen LogP contribution in [0.15, 0.2) is 22.7 Å². The summed E-state index contributed by atoms with van der Waals surface area (Å²) < 4.78 is 0.963. The van der Waals surface area contributed by atoms with Crippen molar-refractivity contribution >= 4 is 33.4 Å². The summed E-state index contributed by atoms with van der Waals surface area (Å²) in [5, 5.41) is 0. The lowest BCUT2D eigenvalue weighted by molar-refractivity contribution is -0.122. The minimum Gasteiger partial charge on any atom is -0.274 e. The van der Waals surface area contributed by atoms with E-state index in [0.29, 0.717) is 0 Å². The zero-order valence-corrected chi connectivity index (χ0v) is 12.4. The molecular formula is C15H16BrNO2. The van der Waals surface area contributed by atoms with E-state index >= 15 is 0 Å². The Kier molecular flexibility index (Phi) is 3.21. The molecule has 0 radical (unpaired) electrons. The van der Waals surface area contributed by atoms with Gasteiger partial charge in [0.2, 0.25) is 11.8 Å². The van der Waals surface area contributed by atoms with Gasteiger partial charge in [0, 0.05) is 4.47 Å². The van der Waals surface area contributed by atoms with Crippen molar-refractivity contribution in [3.63, 3.8) is 0 Å². The predicted molar refractivity (Wildman–Crippen MR) is 76.8 cm³/mol. The molecule has 3 rings (SSSR count). The van der Waals surface area contributed by atoms with Crippen LogP contribution in [0.1, 0.15) is 31.2 Å². The van der Waals surface area contributed by atoms with Gasteiger partial charge in [0.25, 0.3) is 0 Å². The highest BCUT2D eigenvalue weighted by atomic mass is 79.9. The van der Waals surface area contributed by atoms with Gasteiger partial charge in [-0.25, -0.2) is 4.90 Å². The van der Waals surface area contributed by atoms with Gasteiger partial charge in [-0.05, 0) is 43.5 Å². The number of halogens is 1. The summed E-state index contributed by atoms with van der Waals surface area (Å²) in [5.41, 5.74) is 1.70. The molecule has 1 saturated heterocycles. The van der Waals surface area contributed by atoms with E-state index in [9.17, 15) is 9.59 Å². The van der Waals surface area contributed by atoms with Gasteiger partial charge in [0.1, 0.15) is 0 Å². The van der Waals surface area contributed by atoms with Crippen molar-refractivity contribution in [3.05, 3.63) is 28.2 Å². The summed E-state index contributed by atoms with van der Waals surface area (Å²) in [4.78, 5) is 26.4. The van der Waals surface area contributed by atoms with Crippen molar-refractivity contribution in [3.8, 4) is 0 Å². The largest absolute Gasteiger partial charge is 0.274 e. The van der Waals surface area contributed by atoms with Gasteiger partial charge in [-0.2, -0.15) is 0 Å². The van der Waals surface area contributed by atoms with Gasteiger partial charge in [-0.15, -0.1) is 0 Å². The van der Waals surface area contributed by atoms with Crippen LogP contribution >= 0.6 is 15.9 Å². The van der Waals surface area contributed by atoms with Crippen LogP contribution < -0.4 is 4.90 Å². The Labute approximate surface area is 121 Å². The quantitative estimate of drug-likeness (QED) is 0.743. The first-order chi connectivity index (χ1) is 9.09. The highest BCUT2D eigenvalue weighted by molar-refractivity contribution is 9.10. The normalized spacial score (nSPS) is 26.7. The molecule has 19 heavy (non-hydrogen) atoms. The third-order valence-electron chi connectivity index (χ3n) is 4.24. The number of carbonyl (C=O) groups excluding carboxylic acids is 2. The number of hydrogen-bond acceptors (Lipinski definition) is 2. The van der Waals surface area contributed by atoms with Gasteiger partial charge >= 0.3 is 0 Å². The molecule has 1 heterocycles. The number of anilines is 1. The fraction of sp³-hybridized carbons (Fsp3) is 0.467. The van der Waals surface area contributed by atoms with Crippen molar-refractivity contribution in [2.24, 2.45) is 11.8 Å². The summed E-state index contributed by atoms with van der Waals surface area (Å²) >= 11 is 3.41. The third-order valence-corrected chi connectivity index (χ3v) is 4.73. The number of imide groups is 1. The number of rotatable bonds is 1. The third kappa shape index (κ3) is 2.02. The topological polar surface area (TPSA) is 37.4 Å². The van der Waals surface area contributed by atoms with Crippen LogP contribution in [0.4, 0.5) is 5.69 Å². The fourth-order valence-electron chi connectivity index (χ4n) is 3.27. The Morgan fingerprint density at radius 2 is 1.68 bits per heavy atom. The van der Waals surface area contributed by atoms with E-state index in [0.717, 1.165) is 41.4 Å². The molecule has 2 atom stereocenters. The smallest absolute Gasteiger partial charge is 0.237 e. The number of hydrogen-bond donors (Lipinski definition) is 0. The van der Waals surface area contributed by atoms with E-state index < -0.39 is 0 Å². The summed E-state index contributed by atoms with van der Waals surface area (Å²) in [7, 11) is 0. The van der Waals surface area contributed by atoms with Crippen LogP contribution in [0, 0.1) is 18.8 Å². The Balaban J connectivity index is 2.00. The standard InChI is InChI=1S/C15H16BrNO2/c1-9-8-10(16)6-7-13(9)17-14(18)11-4-2-3-5-12(11)15(17)19/h6-8,11-12H,2-5H2,1H3. The average molecular weight is 322 g/mol. The zero-order valence-electron chi connectivity index (χ0n) is 10.9. The highest BCUT2D eigenvalue weighted by Crippen LogP contribution is 2.41. The lowest BCUT2D eigenvalue weighted by Gasteiger charge is -2.19. The maximum atomic E-state index is 12.5. The van der Waals surface area contributed by atoms with Gasteiger partial charge in [0.05, 0.1) is 17.5 Å². The van der Waals surface area contributed by atoms with E-state index in [1.807, 2.05) is 25.1 Å². The van der Waals surface area contributed by atoms with Crippen molar-refractivity contribution in [1.82, 2.24) is 0 Å². The van der Waals surface area contributed by atoms with Crippen LogP contribution in [0.2, 0.25) is 0 Å². The van der Waals surface area contributed by atoms with E-state index in [-0.39, 0.29) is 23.7 Å². The highest BCUT2D eigenvalue weighted by Gasteiger charge is 2.48. The number of benzene rings is 1. The Hall–Kier alpha value is -1.16. The maximum absolute atomic E-state index is 12.5. The minimum atomic E-state index is -0.0794. The second-order valence-electron chi connectivity index (χ2n) is 5.44. The SMILES string of the molecule is Cc1cc(Br)ccc1N1C(=O)C2CCCCC2C1=O. The second kappa shape index (κ2) is 4.75. The molecule has 2 aliphatic rings. The Bertz CT molecular complexity index is 531. The molecule has 4 heteroatoms.